The van der Waals surface area contributed by atoms with Crippen LogP contribution < -0.4 is 10.3 Å². The molecule has 3 heterocycles. The third-order valence-corrected chi connectivity index (χ3v) is 6.99. The molecule has 0 saturated heterocycles. The van der Waals surface area contributed by atoms with E-state index < -0.39 is 10.8 Å². The molecule has 0 aliphatic carbocycles. The van der Waals surface area contributed by atoms with Crippen LogP contribution >= 0.6 is 11.3 Å². The number of ether oxygens (including phenoxy) is 1. The van der Waals surface area contributed by atoms with Crippen LogP contribution in [0.1, 0.15) is 5.56 Å². The van der Waals surface area contributed by atoms with Crippen LogP contribution in [-0.2, 0) is 24.4 Å². The molecule has 0 radical (unpaired) electrons. The second-order valence-corrected chi connectivity index (χ2v) is 8.67. The SMILES string of the molecule is COc1cccc(Cn2ncc3c4sc([S@](C)=O)cc4n(C)c3c2=O)c1. The van der Waals surface area contributed by atoms with E-state index in [1.807, 2.05) is 41.9 Å². The number of fused-ring (bicyclic) bond motifs is 3. The standard InChI is InChI=1S/C18H17N3O3S2/c1-20-14-8-15(26(3)23)25-17(14)13-9-19-21(18(22)16(13)20)10-11-5-4-6-12(7-11)24-2/h4-9H,10H2,1-3H3/t26-/m0/s1. The number of nitrogens with zero attached hydrogens (tertiary/aromatic N) is 3. The molecule has 0 amide bonds. The Morgan fingerprint density at radius 3 is 2.85 bits per heavy atom. The van der Waals surface area contributed by atoms with E-state index in [0.717, 1.165) is 31.1 Å². The minimum absolute atomic E-state index is 0.143. The van der Waals surface area contributed by atoms with Crippen molar-refractivity contribution in [2.75, 3.05) is 13.4 Å². The molecule has 1 aromatic carbocycles. The van der Waals surface area contributed by atoms with Crippen molar-refractivity contribution < 1.29 is 8.95 Å². The zero-order chi connectivity index (χ0) is 18.4. The molecule has 0 fully saturated rings. The maximum atomic E-state index is 13.0. The minimum Gasteiger partial charge on any atom is -0.497 e. The molecule has 0 bridgehead atoms. The maximum absolute atomic E-state index is 13.0. The van der Waals surface area contributed by atoms with Gasteiger partial charge in [-0.1, -0.05) is 12.1 Å². The van der Waals surface area contributed by atoms with E-state index in [4.69, 9.17) is 4.74 Å². The first-order chi connectivity index (χ1) is 12.5. The van der Waals surface area contributed by atoms with Gasteiger partial charge in [-0.25, -0.2) is 4.68 Å². The van der Waals surface area contributed by atoms with Gasteiger partial charge in [0.15, 0.2) is 0 Å². The normalized spacial score (nSPS) is 12.7. The summed E-state index contributed by atoms with van der Waals surface area (Å²) in [5.41, 5.74) is 2.32. The molecule has 6 nitrogen and oxygen atoms in total. The van der Waals surface area contributed by atoms with Crippen molar-refractivity contribution in [3.63, 3.8) is 0 Å². The van der Waals surface area contributed by atoms with Gasteiger partial charge in [0.25, 0.3) is 5.56 Å². The third-order valence-electron chi connectivity index (χ3n) is 4.40. The maximum Gasteiger partial charge on any atom is 0.291 e. The molecule has 0 aliphatic heterocycles. The molecular weight excluding hydrogens is 370 g/mol. The predicted molar refractivity (Wildman–Crippen MR) is 105 cm³/mol. The second-order valence-electron chi connectivity index (χ2n) is 6.01. The molecule has 8 heteroatoms. The highest BCUT2D eigenvalue weighted by Crippen LogP contribution is 2.34. The Morgan fingerprint density at radius 2 is 2.12 bits per heavy atom. The fraction of sp³-hybridized carbons (Fsp3) is 0.222. The van der Waals surface area contributed by atoms with Gasteiger partial charge < -0.3 is 9.30 Å². The summed E-state index contributed by atoms with van der Waals surface area (Å²) in [6.07, 6.45) is 3.38. The van der Waals surface area contributed by atoms with Gasteiger partial charge in [-0.05, 0) is 23.8 Å². The number of rotatable bonds is 4. The summed E-state index contributed by atoms with van der Waals surface area (Å²) in [5.74, 6) is 0.746. The summed E-state index contributed by atoms with van der Waals surface area (Å²) < 4.78 is 22.1. The predicted octanol–water partition coefficient (Wildman–Crippen LogP) is 2.74. The number of aromatic nitrogens is 3. The van der Waals surface area contributed by atoms with Crippen LogP contribution in [0.15, 0.2) is 45.5 Å². The quantitative estimate of drug-likeness (QED) is 0.540. The molecule has 0 N–H and O–H groups in total. The Morgan fingerprint density at radius 1 is 1.31 bits per heavy atom. The average molecular weight is 387 g/mol. The lowest BCUT2D eigenvalue weighted by molar-refractivity contribution is 0.414. The monoisotopic (exact) mass is 387 g/mol. The summed E-state index contributed by atoms with van der Waals surface area (Å²) >= 11 is 1.45. The van der Waals surface area contributed by atoms with Crippen LogP contribution in [0.2, 0.25) is 0 Å². The number of hydrogen-bond acceptors (Lipinski definition) is 5. The van der Waals surface area contributed by atoms with Gasteiger partial charge in [0.1, 0.15) is 11.3 Å². The van der Waals surface area contributed by atoms with Crippen molar-refractivity contribution in [3.05, 3.63) is 52.4 Å². The molecule has 0 unspecified atom stereocenters. The zero-order valence-corrected chi connectivity index (χ0v) is 16.2. The molecule has 134 valence electrons. The fourth-order valence-electron chi connectivity index (χ4n) is 3.09. The van der Waals surface area contributed by atoms with E-state index in [2.05, 4.69) is 5.10 Å². The van der Waals surface area contributed by atoms with Crippen LogP contribution in [0.4, 0.5) is 0 Å². The van der Waals surface area contributed by atoms with Crippen LogP contribution in [-0.4, -0.2) is 31.9 Å². The van der Waals surface area contributed by atoms with E-state index in [1.165, 1.54) is 16.0 Å². The molecule has 0 spiro atoms. The Labute approximate surface area is 156 Å². The first-order valence-electron chi connectivity index (χ1n) is 7.94. The summed E-state index contributed by atoms with van der Waals surface area (Å²) in [7, 11) is 2.43. The topological polar surface area (TPSA) is 66.1 Å². The van der Waals surface area contributed by atoms with Crippen molar-refractivity contribution in [3.8, 4) is 5.75 Å². The number of methoxy groups -OCH3 is 1. The Balaban J connectivity index is 1.85. The largest absolute Gasteiger partial charge is 0.497 e. The average Bonchev–Trinajstić information content (AvgIpc) is 3.18. The van der Waals surface area contributed by atoms with E-state index in [9.17, 15) is 9.00 Å². The smallest absolute Gasteiger partial charge is 0.291 e. The molecule has 26 heavy (non-hydrogen) atoms. The van der Waals surface area contributed by atoms with Crippen LogP contribution in [0.3, 0.4) is 0 Å². The molecular formula is C18H17N3O3S2. The highest BCUT2D eigenvalue weighted by Gasteiger charge is 2.17. The molecule has 1 atom stereocenters. The molecule has 4 aromatic rings. The van der Waals surface area contributed by atoms with Gasteiger partial charge in [0, 0.05) is 18.7 Å². The fourth-order valence-corrected chi connectivity index (χ4v) is 5.02. The second kappa shape index (κ2) is 6.37. The zero-order valence-electron chi connectivity index (χ0n) is 14.6. The molecule has 4 rings (SSSR count). The lowest BCUT2D eigenvalue weighted by atomic mass is 10.2. The number of benzene rings is 1. The minimum atomic E-state index is -1.04. The van der Waals surface area contributed by atoms with E-state index in [1.54, 1.807) is 19.6 Å². The van der Waals surface area contributed by atoms with E-state index in [-0.39, 0.29) is 5.56 Å². The number of thiophene rings is 1. The number of aryl methyl sites for hydroxylation is 1. The van der Waals surface area contributed by atoms with Crippen molar-refractivity contribution >= 4 is 43.3 Å². The summed E-state index contributed by atoms with van der Waals surface area (Å²) in [4.78, 5) is 13.0. The first-order valence-corrected chi connectivity index (χ1v) is 10.3. The summed E-state index contributed by atoms with van der Waals surface area (Å²) in [5, 5.41) is 5.16. The Kier molecular flexibility index (Phi) is 4.16. The van der Waals surface area contributed by atoms with Crippen molar-refractivity contribution in [1.29, 1.82) is 0 Å². The van der Waals surface area contributed by atoms with Gasteiger partial charge in [0.05, 0.1) is 45.1 Å². The molecule has 0 saturated carbocycles. The van der Waals surface area contributed by atoms with Crippen molar-refractivity contribution in [2.24, 2.45) is 7.05 Å². The van der Waals surface area contributed by atoms with Gasteiger partial charge in [0.2, 0.25) is 0 Å². The highest BCUT2D eigenvalue weighted by molar-refractivity contribution is 7.86. The third kappa shape index (κ3) is 2.65. The van der Waals surface area contributed by atoms with Crippen LogP contribution in [0.25, 0.3) is 21.1 Å². The Bertz CT molecular complexity index is 1220. The highest BCUT2D eigenvalue weighted by atomic mass is 32.2. The van der Waals surface area contributed by atoms with Crippen molar-refractivity contribution in [1.82, 2.24) is 14.3 Å². The first kappa shape index (κ1) is 17.0. The van der Waals surface area contributed by atoms with E-state index >= 15 is 0 Å². The van der Waals surface area contributed by atoms with Gasteiger partial charge in [-0.2, -0.15) is 5.10 Å². The summed E-state index contributed by atoms with van der Waals surface area (Å²) in [6, 6.07) is 9.48. The Hall–Kier alpha value is -2.45. The lowest BCUT2D eigenvalue weighted by Gasteiger charge is -2.07. The molecule has 3 aromatic heterocycles. The van der Waals surface area contributed by atoms with Crippen LogP contribution in [0, 0.1) is 0 Å². The van der Waals surface area contributed by atoms with Crippen molar-refractivity contribution in [2.45, 2.75) is 10.8 Å². The van der Waals surface area contributed by atoms with Crippen LogP contribution in [0.5, 0.6) is 5.75 Å². The molecule has 0 aliphatic rings. The van der Waals surface area contributed by atoms with Gasteiger partial charge in [-0.3, -0.25) is 9.00 Å². The van der Waals surface area contributed by atoms with E-state index in [0.29, 0.717) is 12.1 Å². The lowest BCUT2D eigenvalue weighted by Crippen LogP contribution is -2.24. The number of hydrogen-bond donors (Lipinski definition) is 0. The van der Waals surface area contributed by atoms with Gasteiger partial charge in [-0.15, -0.1) is 11.3 Å². The van der Waals surface area contributed by atoms with Gasteiger partial charge >= 0.3 is 0 Å². The summed E-state index contributed by atoms with van der Waals surface area (Å²) in [6.45, 7) is 0.370.